The summed E-state index contributed by atoms with van der Waals surface area (Å²) in [6.45, 7) is 10.2. The van der Waals surface area contributed by atoms with Gasteiger partial charge in [0.05, 0.1) is 40.8 Å². The molecular weight excluding hydrogens is 741 g/mol. The highest BCUT2D eigenvalue weighted by Gasteiger charge is 2.56. The number of carbonyl (C=O) groups excluding carboxylic acids is 2. The van der Waals surface area contributed by atoms with Crippen molar-refractivity contribution < 1.29 is 48.9 Å². The minimum Gasteiger partial charge on any atom is -0.504 e. The number of carbonyl (C=O) groups is 4. The molecule has 0 unspecified atom stereocenters. The molecule has 2 saturated heterocycles. The van der Waals surface area contributed by atoms with Gasteiger partial charge in [0.2, 0.25) is 11.5 Å². The van der Waals surface area contributed by atoms with Crippen molar-refractivity contribution in [1.82, 2.24) is 14.5 Å². The summed E-state index contributed by atoms with van der Waals surface area (Å²) in [6, 6.07) is 2.56. The minimum atomic E-state index is -1.77. The highest BCUT2D eigenvalue weighted by molar-refractivity contribution is 8.00. The molecule has 0 saturated carbocycles. The number of amides is 1. The molecule has 6 rings (SSSR count). The number of aromatic nitrogens is 2. The van der Waals surface area contributed by atoms with Gasteiger partial charge in [0, 0.05) is 53.8 Å². The number of β-lactam (4-membered cyclic amide) rings is 1. The van der Waals surface area contributed by atoms with Crippen molar-refractivity contribution >= 4 is 68.5 Å². The van der Waals surface area contributed by atoms with Crippen LogP contribution in [-0.4, -0.2) is 105 Å². The number of fused-ring (bicyclic) bond motifs is 2. The number of quaternary nitrogens is 1. The third kappa shape index (κ3) is 7.04. The summed E-state index contributed by atoms with van der Waals surface area (Å²) < 4.78 is 2.26. The molecule has 2 aromatic heterocycles. The van der Waals surface area contributed by atoms with E-state index in [2.05, 4.69) is 10.1 Å². The number of carboxylic acids is 2. The lowest BCUT2D eigenvalue weighted by Crippen LogP contribution is -2.63. The number of aromatic hydroxyl groups is 2. The average molecular weight is 784 g/mol. The molecule has 1 aromatic carbocycles. The fourth-order valence-electron chi connectivity index (χ4n) is 7.39. The Bertz CT molecular complexity index is 2180. The maximum atomic E-state index is 13.9. The molecule has 6 N–H and O–H groups in total. The van der Waals surface area contributed by atoms with Crippen LogP contribution in [0.4, 0.5) is 5.13 Å². The molecule has 0 spiro atoms. The van der Waals surface area contributed by atoms with E-state index in [4.69, 9.17) is 10.6 Å². The molecule has 16 nitrogen and oxygen atoms in total. The first-order chi connectivity index (χ1) is 25.3. The van der Waals surface area contributed by atoms with Crippen LogP contribution in [0.2, 0.25) is 0 Å². The van der Waals surface area contributed by atoms with Gasteiger partial charge in [-0.3, -0.25) is 19.3 Å². The molecule has 3 aliphatic heterocycles. The first-order valence-corrected chi connectivity index (χ1v) is 19.3. The van der Waals surface area contributed by atoms with Gasteiger partial charge in [-0.2, -0.15) is 0 Å². The van der Waals surface area contributed by atoms with Crippen LogP contribution in [-0.2, 0) is 30.6 Å². The summed E-state index contributed by atoms with van der Waals surface area (Å²) in [6.07, 6.45) is 3.13. The SMILES string of the molecule is CC(C)n1cc(C[N+]2(CC3=C(C(=O)O)N4C(=O)[C@@H](CC(=O)/C(=N\OC(C)(C)C(=O)O)c5csc(N)n5)[C@H]4S[C@H]3C)CCCC2)c(=O)c2cc(O)c(O)cc21. The topological polar surface area (TPSA) is 235 Å². The predicted molar refractivity (Wildman–Crippen MR) is 201 cm³/mol. The smallest absolute Gasteiger partial charge is 0.352 e. The fourth-order valence-corrected chi connectivity index (χ4v) is 9.44. The number of anilines is 1. The van der Waals surface area contributed by atoms with Crippen molar-refractivity contribution in [2.24, 2.45) is 11.1 Å². The molecule has 3 aromatic rings. The molecule has 0 aliphatic carbocycles. The summed E-state index contributed by atoms with van der Waals surface area (Å²) >= 11 is 2.42. The van der Waals surface area contributed by atoms with Crippen LogP contribution < -0.4 is 11.2 Å². The van der Waals surface area contributed by atoms with E-state index in [1.165, 1.54) is 48.0 Å². The number of hydrogen-bond acceptors (Lipinski definition) is 13. The highest BCUT2D eigenvalue weighted by Crippen LogP contribution is 2.49. The largest absolute Gasteiger partial charge is 0.504 e. The molecule has 3 aliphatic rings. The molecule has 0 radical (unpaired) electrons. The van der Waals surface area contributed by atoms with E-state index in [1.807, 2.05) is 25.3 Å². The Balaban J connectivity index is 1.30. The van der Waals surface area contributed by atoms with Gasteiger partial charge >= 0.3 is 11.9 Å². The lowest BCUT2D eigenvalue weighted by Gasteiger charge is -2.51. The van der Waals surface area contributed by atoms with Crippen molar-refractivity contribution in [3.63, 3.8) is 0 Å². The van der Waals surface area contributed by atoms with Crippen LogP contribution in [0.1, 0.15) is 71.2 Å². The van der Waals surface area contributed by atoms with Gasteiger partial charge in [0.15, 0.2) is 33.6 Å². The summed E-state index contributed by atoms with van der Waals surface area (Å²) in [5.41, 5.74) is 4.88. The molecule has 54 heavy (non-hydrogen) atoms. The number of oxime groups is 1. The van der Waals surface area contributed by atoms with Crippen molar-refractivity contribution in [2.75, 3.05) is 25.4 Å². The van der Waals surface area contributed by atoms with E-state index in [-0.39, 0.29) is 69.6 Å². The van der Waals surface area contributed by atoms with Gasteiger partial charge in [-0.25, -0.2) is 14.6 Å². The molecule has 2 fully saturated rings. The molecule has 0 bridgehead atoms. The quantitative estimate of drug-likeness (QED) is 0.0548. The number of phenols is 2. The van der Waals surface area contributed by atoms with Crippen LogP contribution in [0.25, 0.3) is 10.9 Å². The number of likely N-dealkylation sites (tertiary alicyclic amines) is 1. The highest BCUT2D eigenvalue weighted by atomic mass is 32.2. The lowest BCUT2D eigenvalue weighted by atomic mass is 9.88. The number of nitrogens with zero attached hydrogens (tertiary/aromatic N) is 5. The number of Topliss-reactive ketones (excluding diaryl/α,β-unsaturated/α-hetero) is 1. The standard InChI is InChI=1S/C36H42N6O10S2/c1-17(2)40-13-19(30(46)20-10-25(43)26(44)12-24(20)40)14-42(8-6-7-9-42)15-22-18(3)54-32-21(31(47)41(32)29(22)33(48)49)11-27(45)28(23-16-53-35(37)38-23)39-52-36(4,5)34(50)51/h10,12-13,16-18,21,32H,6-9,11,14-15H2,1-5H3,(H5-,37,38,39,43,44,45,46,48,49,50,51)/p+1/t18-,21+,32+/m0/s1. The van der Waals surface area contributed by atoms with E-state index < -0.39 is 46.3 Å². The Hall–Kier alpha value is -4.94. The van der Waals surface area contributed by atoms with Gasteiger partial charge in [0.1, 0.15) is 24.5 Å². The molecular formula is C36H43N6O10S2+. The van der Waals surface area contributed by atoms with Crippen molar-refractivity contribution in [2.45, 2.75) is 82.7 Å². The molecule has 3 atom stereocenters. The zero-order valence-electron chi connectivity index (χ0n) is 30.4. The maximum absolute atomic E-state index is 13.9. The summed E-state index contributed by atoms with van der Waals surface area (Å²) in [5, 5.41) is 45.2. The number of benzene rings is 1. The van der Waals surface area contributed by atoms with Gasteiger partial charge in [0.25, 0.3) is 0 Å². The number of phenolic OH excluding ortho intramolecular Hbond substituents is 2. The third-order valence-corrected chi connectivity index (χ3v) is 12.5. The minimum absolute atomic E-state index is 0.0616. The van der Waals surface area contributed by atoms with Crippen molar-refractivity contribution in [3.8, 4) is 11.5 Å². The van der Waals surface area contributed by atoms with Crippen LogP contribution in [0.5, 0.6) is 11.5 Å². The Morgan fingerprint density at radius 1 is 1.11 bits per heavy atom. The molecule has 288 valence electrons. The second kappa shape index (κ2) is 14.4. The number of ketones is 1. The number of pyridine rings is 1. The molecule has 5 heterocycles. The van der Waals surface area contributed by atoms with Crippen molar-refractivity contribution in [1.29, 1.82) is 0 Å². The van der Waals surface area contributed by atoms with Gasteiger partial charge < -0.3 is 40.0 Å². The lowest BCUT2D eigenvalue weighted by molar-refractivity contribution is -0.925. The fraction of sp³-hybridized carbons (Fsp3) is 0.472. The third-order valence-electron chi connectivity index (χ3n) is 10.3. The molecule has 18 heteroatoms. The van der Waals surface area contributed by atoms with Crippen LogP contribution in [0, 0.1) is 5.92 Å². The van der Waals surface area contributed by atoms with E-state index in [9.17, 15) is 44.4 Å². The number of thiazole rings is 1. The van der Waals surface area contributed by atoms with E-state index in [1.54, 1.807) is 6.20 Å². The number of carboxylic acid groups (broad SMARTS) is 2. The number of thioether (sulfide) groups is 1. The average Bonchev–Trinajstić information content (AvgIpc) is 3.75. The van der Waals surface area contributed by atoms with E-state index >= 15 is 0 Å². The summed E-state index contributed by atoms with van der Waals surface area (Å²) in [7, 11) is 0. The first kappa shape index (κ1) is 38.8. The zero-order chi connectivity index (χ0) is 39.4. The van der Waals surface area contributed by atoms with Gasteiger partial charge in [-0.05, 0) is 40.7 Å². The predicted octanol–water partition coefficient (Wildman–Crippen LogP) is 3.64. The Labute approximate surface area is 318 Å². The van der Waals surface area contributed by atoms with Gasteiger partial charge in [-0.1, -0.05) is 5.16 Å². The van der Waals surface area contributed by atoms with Gasteiger partial charge in [-0.15, -0.1) is 23.1 Å². The zero-order valence-corrected chi connectivity index (χ0v) is 32.1. The monoisotopic (exact) mass is 783 g/mol. The number of aliphatic carboxylic acids is 2. The second-order valence-electron chi connectivity index (χ2n) is 14.9. The normalized spacial score (nSPS) is 21.4. The number of nitrogens with two attached hydrogens (primary N) is 1. The number of nitrogen functional groups attached to an aromatic ring is 1. The van der Waals surface area contributed by atoms with Crippen molar-refractivity contribution in [3.05, 3.63) is 56.5 Å². The van der Waals surface area contributed by atoms with E-state index in [0.717, 1.165) is 24.2 Å². The maximum Gasteiger partial charge on any atom is 0.352 e. The Kier molecular flexibility index (Phi) is 10.3. The number of rotatable bonds is 13. The number of hydrogen-bond donors (Lipinski definition) is 5. The van der Waals surface area contributed by atoms with Crippen LogP contribution >= 0.6 is 23.1 Å². The van der Waals surface area contributed by atoms with Crippen LogP contribution in [0.15, 0.2) is 44.9 Å². The second-order valence-corrected chi connectivity index (χ2v) is 17.2. The molecule has 1 amide bonds. The first-order valence-electron chi connectivity index (χ1n) is 17.5. The summed E-state index contributed by atoms with van der Waals surface area (Å²) in [4.78, 5) is 76.5. The van der Waals surface area contributed by atoms with Crippen LogP contribution in [0.3, 0.4) is 0 Å². The Morgan fingerprint density at radius 3 is 2.37 bits per heavy atom. The summed E-state index contributed by atoms with van der Waals surface area (Å²) in [5.74, 6) is -5.41. The van der Waals surface area contributed by atoms with E-state index in [0.29, 0.717) is 34.2 Å². The Morgan fingerprint density at radius 2 is 1.78 bits per heavy atom.